The minimum absolute atomic E-state index is 0.0564. The molecule has 150 valence electrons. The molecule has 1 saturated heterocycles. The van der Waals surface area contributed by atoms with Crippen molar-refractivity contribution in [3.05, 3.63) is 59.2 Å². The average Bonchev–Trinajstić information content (AvgIpc) is 3.40. The molecule has 1 atom stereocenters. The number of benzene rings is 2. The number of carbonyl (C=O) groups excluding carboxylic acids is 1. The van der Waals surface area contributed by atoms with E-state index >= 15 is 0 Å². The largest absolute Gasteiger partial charge is 0.496 e. The summed E-state index contributed by atoms with van der Waals surface area (Å²) in [5.41, 5.74) is 1.12. The van der Waals surface area contributed by atoms with E-state index in [9.17, 15) is 9.18 Å². The van der Waals surface area contributed by atoms with Crippen LogP contribution in [0.4, 0.5) is 14.9 Å². The number of carbonyl (C=O) groups is 1. The van der Waals surface area contributed by atoms with Crippen molar-refractivity contribution >= 4 is 23.3 Å². The van der Waals surface area contributed by atoms with Crippen LogP contribution in [0.15, 0.2) is 47.0 Å². The Hall–Kier alpha value is -3.13. The minimum atomic E-state index is -0.543. The monoisotopic (exact) mass is 416 g/mol. The summed E-state index contributed by atoms with van der Waals surface area (Å²) in [6, 6.07) is 10.7. The molecule has 0 spiro atoms. The fraction of sp³-hybridized carbons (Fsp3) is 0.250. The van der Waals surface area contributed by atoms with Crippen LogP contribution in [-0.2, 0) is 0 Å². The molecule has 1 aromatic heterocycles. The number of anilines is 1. The second-order valence-electron chi connectivity index (χ2n) is 6.57. The Morgan fingerprint density at radius 2 is 2.17 bits per heavy atom. The third-order valence-corrected chi connectivity index (χ3v) is 5.05. The number of nitrogens with one attached hydrogen (secondary N) is 1. The highest BCUT2D eigenvalue weighted by atomic mass is 35.5. The molecule has 1 aliphatic rings. The lowest BCUT2D eigenvalue weighted by Crippen LogP contribution is -2.34. The Morgan fingerprint density at radius 1 is 1.34 bits per heavy atom. The van der Waals surface area contributed by atoms with Crippen molar-refractivity contribution in [1.29, 1.82) is 0 Å². The van der Waals surface area contributed by atoms with Gasteiger partial charge in [0.2, 0.25) is 11.7 Å². The first-order valence-corrected chi connectivity index (χ1v) is 9.44. The van der Waals surface area contributed by atoms with Crippen molar-refractivity contribution in [3.63, 3.8) is 0 Å². The molecule has 1 fully saturated rings. The van der Waals surface area contributed by atoms with Gasteiger partial charge in [-0.05, 0) is 43.2 Å². The van der Waals surface area contributed by atoms with Gasteiger partial charge in [-0.25, -0.2) is 9.18 Å². The van der Waals surface area contributed by atoms with E-state index < -0.39 is 5.82 Å². The summed E-state index contributed by atoms with van der Waals surface area (Å²) >= 11 is 5.78. The summed E-state index contributed by atoms with van der Waals surface area (Å²) in [6.45, 7) is 0.539. The van der Waals surface area contributed by atoms with Crippen LogP contribution in [0.2, 0.25) is 5.02 Å². The third kappa shape index (κ3) is 3.88. The number of halogens is 2. The van der Waals surface area contributed by atoms with Crippen molar-refractivity contribution in [2.75, 3.05) is 19.0 Å². The normalized spacial score (nSPS) is 16.1. The second-order valence-corrected chi connectivity index (χ2v) is 6.97. The van der Waals surface area contributed by atoms with Gasteiger partial charge in [0.05, 0.1) is 17.7 Å². The van der Waals surface area contributed by atoms with Crippen LogP contribution in [-0.4, -0.2) is 34.7 Å². The van der Waals surface area contributed by atoms with Crippen LogP contribution < -0.4 is 10.1 Å². The molecule has 4 rings (SSSR count). The Morgan fingerprint density at radius 3 is 2.97 bits per heavy atom. The zero-order valence-electron chi connectivity index (χ0n) is 15.6. The highest BCUT2D eigenvalue weighted by Gasteiger charge is 2.34. The maximum atomic E-state index is 13.3. The first-order valence-electron chi connectivity index (χ1n) is 9.06. The van der Waals surface area contributed by atoms with Crippen LogP contribution in [0.5, 0.6) is 5.75 Å². The highest BCUT2D eigenvalue weighted by Crippen LogP contribution is 2.34. The predicted molar refractivity (Wildman–Crippen MR) is 105 cm³/mol. The highest BCUT2D eigenvalue weighted by molar-refractivity contribution is 6.31. The van der Waals surface area contributed by atoms with E-state index in [1.807, 2.05) is 24.3 Å². The predicted octanol–water partition coefficient (Wildman–Crippen LogP) is 4.91. The number of hydrogen-bond acceptors (Lipinski definition) is 5. The maximum Gasteiger partial charge on any atom is 0.322 e. The third-order valence-electron chi connectivity index (χ3n) is 4.76. The lowest BCUT2D eigenvalue weighted by Gasteiger charge is -2.22. The van der Waals surface area contributed by atoms with Gasteiger partial charge in [-0.3, -0.25) is 0 Å². The van der Waals surface area contributed by atoms with Crippen molar-refractivity contribution in [2.24, 2.45) is 0 Å². The molecule has 0 aliphatic carbocycles. The maximum absolute atomic E-state index is 13.3. The molecule has 9 heteroatoms. The summed E-state index contributed by atoms with van der Waals surface area (Å²) in [6.07, 6.45) is 1.50. The fourth-order valence-electron chi connectivity index (χ4n) is 3.35. The minimum Gasteiger partial charge on any atom is -0.496 e. The van der Waals surface area contributed by atoms with Gasteiger partial charge in [0.25, 0.3) is 0 Å². The van der Waals surface area contributed by atoms with E-state index in [2.05, 4.69) is 15.5 Å². The van der Waals surface area contributed by atoms with E-state index in [0.717, 1.165) is 6.42 Å². The molecule has 1 unspecified atom stereocenters. The molecule has 1 N–H and O–H groups in total. The first-order chi connectivity index (χ1) is 14.1. The molecule has 0 saturated carbocycles. The van der Waals surface area contributed by atoms with Gasteiger partial charge in [0.15, 0.2) is 0 Å². The van der Waals surface area contributed by atoms with Crippen molar-refractivity contribution in [3.8, 4) is 17.1 Å². The number of aromatic nitrogens is 2. The molecule has 0 radical (unpaired) electrons. The lowest BCUT2D eigenvalue weighted by molar-refractivity contribution is 0.193. The number of nitrogens with zero attached hydrogens (tertiary/aromatic N) is 3. The molecule has 7 nitrogen and oxygen atoms in total. The Bertz CT molecular complexity index is 1040. The Kier molecular flexibility index (Phi) is 5.35. The van der Waals surface area contributed by atoms with E-state index in [1.165, 1.54) is 18.2 Å². The number of rotatable bonds is 4. The van der Waals surface area contributed by atoms with Crippen molar-refractivity contribution in [2.45, 2.75) is 18.9 Å². The van der Waals surface area contributed by atoms with E-state index in [-0.39, 0.29) is 17.1 Å². The summed E-state index contributed by atoms with van der Waals surface area (Å²) in [4.78, 5) is 18.8. The Labute approximate surface area is 171 Å². The number of para-hydroxylation sites is 1. The molecule has 2 heterocycles. The van der Waals surface area contributed by atoms with Gasteiger partial charge >= 0.3 is 6.03 Å². The molecule has 1 aliphatic heterocycles. The molecule has 2 aromatic carbocycles. The smallest absolute Gasteiger partial charge is 0.322 e. The molecule has 2 amide bonds. The first kappa shape index (κ1) is 19.2. The molecule has 29 heavy (non-hydrogen) atoms. The number of amides is 2. The standard InChI is InChI=1S/C20H18ClFN4O3/c1-28-17-7-3-2-5-13(17)18-24-19(29-25-18)16-6-4-10-26(16)20(27)23-12-8-9-15(22)14(21)11-12/h2-3,5,7-9,11,16H,4,6,10H2,1H3,(H,23,27). The fourth-order valence-corrected chi connectivity index (χ4v) is 3.53. The van der Waals surface area contributed by atoms with Crippen LogP contribution in [0, 0.1) is 5.82 Å². The average molecular weight is 417 g/mol. The zero-order chi connectivity index (χ0) is 20.4. The molecular weight excluding hydrogens is 399 g/mol. The zero-order valence-corrected chi connectivity index (χ0v) is 16.3. The van der Waals surface area contributed by atoms with Crippen LogP contribution >= 0.6 is 11.6 Å². The van der Waals surface area contributed by atoms with E-state index in [4.69, 9.17) is 20.9 Å². The molecule has 0 bridgehead atoms. The quantitative estimate of drug-likeness (QED) is 0.653. The van der Waals surface area contributed by atoms with Crippen LogP contribution in [0.3, 0.4) is 0 Å². The molecule has 3 aromatic rings. The number of urea groups is 1. The van der Waals surface area contributed by atoms with E-state index in [1.54, 1.807) is 12.0 Å². The number of hydrogen-bond donors (Lipinski definition) is 1. The van der Waals surface area contributed by atoms with Crippen molar-refractivity contribution < 1.29 is 18.4 Å². The topological polar surface area (TPSA) is 80.5 Å². The van der Waals surface area contributed by atoms with Gasteiger partial charge in [-0.1, -0.05) is 28.9 Å². The van der Waals surface area contributed by atoms with Gasteiger partial charge in [0, 0.05) is 12.2 Å². The van der Waals surface area contributed by atoms with E-state index in [0.29, 0.717) is 41.7 Å². The number of methoxy groups -OCH3 is 1. The number of ether oxygens (including phenoxy) is 1. The SMILES string of the molecule is COc1ccccc1-c1noc(C2CCCN2C(=O)Nc2ccc(F)c(Cl)c2)n1. The summed E-state index contributed by atoms with van der Waals surface area (Å²) in [7, 11) is 1.57. The number of likely N-dealkylation sites (tertiary alicyclic amines) is 1. The second kappa shape index (κ2) is 8.08. The summed E-state index contributed by atoms with van der Waals surface area (Å²) in [5.74, 6) is 0.846. The Balaban J connectivity index is 1.53. The lowest BCUT2D eigenvalue weighted by atomic mass is 10.2. The van der Waals surface area contributed by atoms with Gasteiger partial charge in [-0.2, -0.15) is 4.98 Å². The summed E-state index contributed by atoms with van der Waals surface area (Å²) < 4.78 is 24.1. The van der Waals surface area contributed by atoms with Gasteiger partial charge in [0.1, 0.15) is 17.6 Å². The van der Waals surface area contributed by atoms with Crippen LogP contribution in [0.25, 0.3) is 11.4 Å². The summed E-state index contributed by atoms with van der Waals surface area (Å²) in [5, 5.41) is 6.73. The van der Waals surface area contributed by atoms with Gasteiger partial charge < -0.3 is 19.5 Å². The molecular formula is C20H18ClFN4O3. The van der Waals surface area contributed by atoms with Gasteiger partial charge in [-0.15, -0.1) is 0 Å². The van der Waals surface area contributed by atoms with Crippen LogP contribution in [0.1, 0.15) is 24.8 Å². The van der Waals surface area contributed by atoms with Crippen molar-refractivity contribution in [1.82, 2.24) is 15.0 Å².